The first-order valence-corrected chi connectivity index (χ1v) is 5.64. The lowest BCUT2D eigenvalue weighted by molar-refractivity contribution is 0.0572. The fourth-order valence-corrected chi connectivity index (χ4v) is 2.02. The summed E-state index contributed by atoms with van der Waals surface area (Å²) in [5.41, 5.74) is 0.489. The maximum absolute atomic E-state index is 11.9. The SMILES string of the molecule is O=C(c1ccnc(Br)c1)N1CC(O)C(O)C1. The van der Waals surface area contributed by atoms with E-state index >= 15 is 0 Å². The van der Waals surface area contributed by atoms with Gasteiger partial charge in [0.1, 0.15) is 4.60 Å². The molecule has 2 N–H and O–H groups in total. The van der Waals surface area contributed by atoms with Crippen molar-refractivity contribution in [2.24, 2.45) is 0 Å². The number of hydrogen-bond acceptors (Lipinski definition) is 4. The fourth-order valence-electron chi connectivity index (χ4n) is 1.65. The summed E-state index contributed by atoms with van der Waals surface area (Å²) in [5, 5.41) is 18.7. The third-order valence-corrected chi connectivity index (χ3v) is 2.95. The lowest BCUT2D eigenvalue weighted by atomic mass is 10.2. The zero-order valence-corrected chi connectivity index (χ0v) is 9.96. The van der Waals surface area contributed by atoms with Crippen LogP contribution in [0, 0.1) is 0 Å². The molecule has 1 aromatic rings. The quantitative estimate of drug-likeness (QED) is 0.714. The van der Waals surface area contributed by atoms with Crippen LogP contribution in [-0.4, -0.2) is 51.3 Å². The van der Waals surface area contributed by atoms with Gasteiger partial charge in [0.25, 0.3) is 5.91 Å². The monoisotopic (exact) mass is 286 g/mol. The van der Waals surface area contributed by atoms with Gasteiger partial charge in [0.05, 0.1) is 12.2 Å². The Balaban J connectivity index is 2.14. The first-order valence-electron chi connectivity index (χ1n) is 4.85. The van der Waals surface area contributed by atoms with Gasteiger partial charge < -0.3 is 15.1 Å². The van der Waals surface area contributed by atoms with Crippen LogP contribution < -0.4 is 0 Å². The molecule has 2 atom stereocenters. The zero-order valence-electron chi connectivity index (χ0n) is 8.38. The van der Waals surface area contributed by atoms with Gasteiger partial charge in [0.15, 0.2) is 0 Å². The number of pyridine rings is 1. The van der Waals surface area contributed by atoms with E-state index in [1.165, 1.54) is 11.1 Å². The summed E-state index contributed by atoms with van der Waals surface area (Å²) in [6.45, 7) is 0.333. The molecule has 1 aromatic heterocycles. The van der Waals surface area contributed by atoms with Gasteiger partial charge in [0, 0.05) is 24.8 Å². The van der Waals surface area contributed by atoms with Crippen LogP contribution in [0.25, 0.3) is 0 Å². The second kappa shape index (κ2) is 4.48. The highest BCUT2D eigenvalue weighted by Gasteiger charge is 2.32. The van der Waals surface area contributed by atoms with Gasteiger partial charge >= 0.3 is 0 Å². The Morgan fingerprint density at radius 3 is 2.62 bits per heavy atom. The van der Waals surface area contributed by atoms with E-state index in [1.54, 1.807) is 12.1 Å². The molecule has 0 aliphatic carbocycles. The Morgan fingerprint density at radius 2 is 2.06 bits per heavy atom. The van der Waals surface area contributed by atoms with Crippen LogP contribution in [0.4, 0.5) is 0 Å². The number of hydrogen-bond donors (Lipinski definition) is 2. The number of β-amino-alcohol motifs (C(OH)–C–C–N with tert-alkyl or cyclic N) is 2. The minimum atomic E-state index is -0.853. The van der Waals surface area contributed by atoms with Crippen molar-refractivity contribution >= 4 is 21.8 Å². The number of nitrogens with zero attached hydrogens (tertiary/aromatic N) is 2. The molecule has 0 radical (unpaired) electrons. The Hall–Kier alpha value is -0.980. The molecule has 6 heteroatoms. The molecule has 1 aliphatic heterocycles. The molecule has 1 saturated heterocycles. The van der Waals surface area contributed by atoms with Gasteiger partial charge in [-0.1, -0.05) is 0 Å². The minimum Gasteiger partial charge on any atom is -0.388 e. The number of carbonyl (C=O) groups excluding carboxylic acids is 1. The summed E-state index contributed by atoms with van der Waals surface area (Å²) in [5.74, 6) is -0.210. The van der Waals surface area contributed by atoms with Crippen molar-refractivity contribution in [2.45, 2.75) is 12.2 Å². The van der Waals surface area contributed by atoms with Crippen molar-refractivity contribution < 1.29 is 15.0 Å². The van der Waals surface area contributed by atoms with Gasteiger partial charge in [0.2, 0.25) is 0 Å². The van der Waals surface area contributed by atoms with E-state index in [1.807, 2.05) is 0 Å². The predicted octanol–water partition coefficient (Wildman–Crippen LogP) is 0.0217. The van der Waals surface area contributed by atoms with Gasteiger partial charge in [-0.25, -0.2) is 4.98 Å². The number of carbonyl (C=O) groups is 1. The molecule has 5 nitrogen and oxygen atoms in total. The van der Waals surface area contributed by atoms with E-state index in [0.717, 1.165) is 0 Å². The fraction of sp³-hybridized carbons (Fsp3) is 0.400. The third-order valence-electron chi connectivity index (χ3n) is 2.52. The number of aliphatic hydroxyl groups is 2. The molecule has 0 bridgehead atoms. The highest BCUT2D eigenvalue weighted by molar-refractivity contribution is 9.10. The lowest BCUT2D eigenvalue weighted by Gasteiger charge is -2.15. The van der Waals surface area contributed by atoms with Crippen molar-refractivity contribution in [3.63, 3.8) is 0 Å². The molecule has 2 rings (SSSR count). The molecule has 2 unspecified atom stereocenters. The van der Waals surface area contributed by atoms with Crippen LogP contribution in [0.1, 0.15) is 10.4 Å². The summed E-state index contributed by atoms with van der Waals surface area (Å²) in [6.07, 6.45) is -0.177. The molecule has 16 heavy (non-hydrogen) atoms. The van der Waals surface area contributed by atoms with Gasteiger partial charge in [-0.15, -0.1) is 0 Å². The Kier molecular flexibility index (Phi) is 3.22. The molecular weight excluding hydrogens is 276 g/mol. The van der Waals surface area contributed by atoms with Gasteiger partial charge in [-0.05, 0) is 28.1 Å². The highest BCUT2D eigenvalue weighted by Crippen LogP contribution is 2.15. The molecule has 86 valence electrons. The summed E-state index contributed by atoms with van der Waals surface area (Å²) in [6, 6.07) is 3.21. The van der Waals surface area contributed by atoms with Crippen molar-refractivity contribution in [3.05, 3.63) is 28.5 Å². The average molecular weight is 287 g/mol. The topological polar surface area (TPSA) is 73.7 Å². The van der Waals surface area contributed by atoms with Crippen LogP contribution in [-0.2, 0) is 0 Å². The van der Waals surface area contributed by atoms with E-state index in [4.69, 9.17) is 0 Å². The zero-order chi connectivity index (χ0) is 11.7. The number of aliphatic hydroxyl groups excluding tert-OH is 2. The Morgan fingerprint density at radius 1 is 1.44 bits per heavy atom. The Bertz CT molecular complexity index is 403. The number of amides is 1. The van der Waals surface area contributed by atoms with Crippen LogP contribution in [0.3, 0.4) is 0 Å². The summed E-state index contributed by atoms with van der Waals surface area (Å²) in [7, 11) is 0. The molecule has 1 fully saturated rings. The number of likely N-dealkylation sites (tertiary alicyclic amines) is 1. The second-order valence-electron chi connectivity index (χ2n) is 3.71. The van der Waals surface area contributed by atoms with Crippen LogP contribution in [0.2, 0.25) is 0 Å². The van der Waals surface area contributed by atoms with Crippen LogP contribution in [0.5, 0.6) is 0 Å². The van der Waals surface area contributed by atoms with E-state index in [2.05, 4.69) is 20.9 Å². The smallest absolute Gasteiger partial charge is 0.254 e. The molecule has 0 saturated carbocycles. The van der Waals surface area contributed by atoms with Gasteiger partial charge in [-0.3, -0.25) is 4.79 Å². The molecule has 1 amide bonds. The first-order chi connectivity index (χ1) is 7.58. The predicted molar refractivity (Wildman–Crippen MR) is 59.9 cm³/mol. The van der Waals surface area contributed by atoms with Crippen LogP contribution >= 0.6 is 15.9 Å². The summed E-state index contributed by atoms with van der Waals surface area (Å²) >= 11 is 3.18. The third kappa shape index (κ3) is 2.23. The Labute approximate surface area is 101 Å². The van der Waals surface area contributed by atoms with Gasteiger partial charge in [-0.2, -0.15) is 0 Å². The molecule has 0 aromatic carbocycles. The standard InChI is InChI=1S/C10H11BrN2O3/c11-9-3-6(1-2-12-9)10(16)13-4-7(14)8(15)5-13/h1-3,7-8,14-15H,4-5H2. The van der Waals surface area contributed by atoms with Crippen molar-refractivity contribution in [1.82, 2.24) is 9.88 Å². The molecule has 2 heterocycles. The number of halogens is 1. The van der Waals surface area contributed by atoms with E-state index in [9.17, 15) is 15.0 Å². The molecular formula is C10H11BrN2O3. The van der Waals surface area contributed by atoms with Crippen molar-refractivity contribution in [1.29, 1.82) is 0 Å². The van der Waals surface area contributed by atoms with E-state index < -0.39 is 12.2 Å². The summed E-state index contributed by atoms with van der Waals surface area (Å²) < 4.78 is 0.582. The number of aromatic nitrogens is 1. The van der Waals surface area contributed by atoms with Crippen molar-refractivity contribution in [2.75, 3.05) is 13.1 Å². The second-order valence-corrected chi connectivity index (χ2v) is 4.52. The lowest BCUT2D eigenvalue weighted by Crippen LogP contribution is -2.29. The summed E-state index contributed by atoms with van der Waals surface area (Å²) in [4.78, 5) is 17.3. The number of rotatable bonds is 1. The maximum atomic E-state index is 11.9. The van der Waals surface area contributed by atoms with E-state index in [0.29, 0.717) is 10.2 Å². The molecule has 0 spiro atoms. The first kappa shape index (κ1) is 11.5. The highest BCUT2D eigenvalue weighted by atomic mass is 79.9. The normalized spacial score (nSPS) is 24.8. The maximum Gasteiger partial charge on any atom is 0.254 e. The molecule has 1 aliphatic rings. The van der Waals surface area contributed by atoms with E-state index in [-0.39, 0.29) is 19.0 Å². The largest absolute Gasteiger partial charge is 0.388 e. The minimum absolute atomic E-state index is 0.167. The average Bonchev–Trinajstić information content (AvgIpc) is 2.58. The van der Waals surface area contributed by atoms with Crippen molar-refractivity contribution in [3.8, 4) is 0 Å². The van der Waals surface area contributed by atoms with Crippen LogP contribution in [0.15, 0.2) is 22.9 Å².